The highest BCUT2D eigenvalue weighted by atomic mass is 35.5. The minimum absolute atomic E-state index is 0.0510. The standard InChI is InChI=1S/C31H28ClF2N5O5S/c1-5-20(41)37-11-12-38-17(13-37)14-45(43,44)29-23-28(25(34)22(24(29)32)21-18(33)7-6-8-19(21)40)39(31(42)36-30(23)38)27-16(4)9-10-35-26(27)15(2)3/h5-10,15,17,40H,1,11-14H2,2-4H3. The van der Waals surface area contributed by atoms with Gasteiger partial charge in [-0.1, -0.05) is 38.1 Å². The first-order valence-corrected chi connectivity index (χ1v) is 16.1. The number of phenols is 1. The van der Waals surface area contributed by atoms with E-state index < -0.39 is 77.2 Å². The SMILES string of the molecule is C=CC(=O)N1CCN2c3nc(=O)n(-c4c(C)ccnc4C(C)C)c4c(F)c(-c5c(O)cccc5F)c(Cl)c(c34)S(=O)(=O)CC2C1. The Morgan fingerprint density at radius 2 is 1.93 bits per heavy atom. The Bertz CT molecular complexity index is 2100. The number of carbonyl (C=O) groups is 1. The van der Waals surface area contributed by atoms with E-state index in [1.54, 1.807) is 17.9 Å². The number of aromatic hydroxyl groups is 1. The van der Waals surface area contributed by atoms with Crippen molar-refractivity contribution in [3.8, 4) is 22.6 Å². The summed E-state index contributed by atoms with van der Waals surface area (Å²) in [5.41, 5.74) is -1.71. The molecule has 1 N–H and O–H groups in total. The van der Waals surface area contributed by atoms with Crippen molar-refractivity contribution in [1.29, 1.82) is 0 Å². The zero-order chi connectivity index (χ0) is 32.5. The summed E-state index contributed by atoms with van der Waals surface area (Å²) in [4.78, 5) is 37.8. The molecular weight excluding hydrogens is 628 g/mol. The van der Waals surface area contributed by atoms with Gasteiger partial charge in [0.15, 0.2) is 15.7 Å². The second-order valence-electron chi connectivity index (χ2n) is 11.4. The first kappa shape index (κ1) is 30.7. The van der Waals surface area contributed by atoms with Gasteiger partial charge in [-0.05, 0) is 42.7 Å². The number of pyridine rings is 1. The van der Waals surface area contributed by atoms with Crippen LogP contribution in [0.2, 0.25) is 5.02 Å². The second-order valence-corrected chi connectivity index (χ2v) is 13.7. The van der Waals surface area contributed by atoms with Gasteiger partial charge < -0.3 is 14.9 Å². The van der Waals surface area contributed by atoms with Crippen LogP contribution in [-0.4, -0.2) is 70.3 Å². The third-order valence-electron chi connectivity index (χ3n) is 8.28. The number of carbonyl (C=O) groups excluding carboxylic acids is 1. The Balaban J connectivity index is 1.84. The van der Waals surface area contributed by atoms with Gasteiger partial charge in [0, 0.05) is 31.4 Å². The first-order chi connectivity index (χ1) is 21.3. The number of aryl methyl sites for hydroxylation is 1. The van der Waals surface area contributed by atoms with Gasteiger partial charge in [-0.15, -0.1) is 0 Å². The first-order valence-electron chi connectivity index (χ1n) is 14.1. The predicted octanol–water partition coefficient (Wildman–Crippen LogP) is 4.51. The van der Waals surface area contributed by atoms with Crippen molar-refractivity contribution >= 4 is 44.1 Å². The second kappa shape index (κ2) is 10.9. The number of amides is 1. The minimum atomic E-state index is -4.44. The van der Waals surface area contributed by atoms with E-state index in [0.717, 1.165) is 22.8 Å². The van der Waals surface area contributed by atoms with E-state index in [0.29, 0.717) is 11.3 Å². The number of hydrogen-bond acceptors (Lipinski definition) is 8. The number of halogens is 3. The predicted molar refractivity (Wildman–Crippen MR) is 166 cm³/mol. The van der Waals surface area contributed by atoms with Gasteiger partial charge in [0.2, 0.25) is 5.91 Å². The molecule has 2 aliphatic heterocycles. The number of phenolic OH excluding ortho intramolecular Hbond substituents is 1. The molecule has 1 fully saturated rings. The molecule has 45 heavy (non-hydrogen) atoms. The molecule has 2 aliphatic rings. The average Bonchev–Trinajstić information content (AvgIpc) is 3.07. The van der Waals surface area contributed by atoms with Crippen LogP contribution in [0.25, 0.3) is 27.7 Å². The fourth-order valence-corrected chi connectivity index (χ4v) is 8.74. The summed E-state index contributed by atoms with van der Waals surface area (Å²) in [6.07, 6.45) is 2.66. The van der Waals surface area contributed by atoms with E-state index in [4.69, 9.17) is 11.6 Å². The normalized spacial score (nSPS) is 17.4. The maximum atomic E-state index is 17.3. The van der Waals surface area contributed by atoms with Gasteiger partial charge in [0.05, 0.1) is 49.6 Å². The Morgan fingerprint density at radius 1 is 1.20 bits per heavy atom. The number of nitrogens with zero attached hydrogens (tertiary/aromatic N) is 5. The van der Waals surface area contributed by atoms with E-state index in [2.05, 4.69) is 16.5 Å². The zero-order valence-corrected chi connectivity index (χ0v) is 26.1. The molecular formula is C31H28ClF2N5O5S. The largest absolute Gasteiger partial charge is 0.507 e. The summed E-state index contributed by atoms with van der Waals surface area (Å²) in [5.74, 6) is -4.35. The molecule has 14 heteroatoms. The van der Waals surface area contributed by atoms with Crippen LogP contribution in [0.5, 0.6) is 5.75 Å². The molecule has 10 nitrogen and oxygen atoms in total. The van der Waals surface area contributed by atoms with Crippen LogP contribution in [-0.2, 0) is 14.6 Å². The van der Waals surface area contributed by atoms with E-state index in [9.17, 15) is 23.1 Å². The van der Waals surface area contributed by atoms with Gasteiger partial charge in [-0.2, -0.15) is 4.98 Å². The molecule has 234 valence electrons. The van der Waals surface area contributed by atoms with Crippen LogP contribution in [0, 0.1) is 18.6 Å². The Morgan fingerprint density at radius 3 is 2.60 bits per heavy atom. The Hall–Kier alpha value is -4.36. The number of anilines is 1. The maximum Gasteiger partial charge on any atom is 0.354 e. The van der Waals surface area contributed by atoms with Crippen molar-refractivity contribution in [3.63, 3.8) is 0 Å². The lowest BCUT2D eigenvalue weighted by molar-refractivity contribution is -0.126. The van der Waals surface area contributed by atoms with Gasteiger partial charge >= 0.3 is 5.69 Å². The molecule has 6 rings (SSSR count). The molecule has 2 aromatic heterocycles. The highest BCUT2D eigenvalue weighted by Gasteiger charge is 2.43. The molecule has 0 radical (unpaired) electrons. The van der Waals surface area contributed by atoms with Gasteiger partial charge in [0.1, 0.15) is 17.4 Å². The molecule has 0 bridgehead atoms. The smallest absolute Gasteiger partial charge is 0.354 e. The average molecular weight is 656 g/mol. The lowest BCUT2D eigenvalue weighted by Gasteiger charge is -2.41. The van der Waals surface area contributed by atoms with E-state index in [-0.39, 0.29) is 42.4 Å². The van der Waals surface area contributed by atoms with E-state index in [1.165, 1.54) is 17.2 Å². The molecule has 4 heterocycles. The Labute approximate surface area is 262 Å². The van der Waals surface area contributed by atoms with Crippen molar-refractivity contribution in [2.24, 2.45) is 0 Å². The zero-order valence-electron chi connectivity index (χ0n) is 24.5. The number of hydrogen-bond donors (Lipinski definition) is 1. The van der Waals surface area contributed by atoms with Crippen molar-refractivity contribution < 1.29 is 27.1 Å². The van der Waals surface area contributed by atoms with Gasteiger partial charge in [-0.25, -0.2) is 22.0 Å². The Kier molecular flexibility index (Phi) is 7.44. The number of sulfone groups is 1. The van der Waals surface area contributed by atoms with Crippen molar-refractivity contribution in [2.75, 3.05) is 30.3 Å². The van der Waals surface area contributed by atoms with E-state index >= 15 is 8.78 Å². The topological polar surface area (TPSA) is 126 Å². The number of fused-ring (bicyclic) bond motifs is 2. The van der Waals surface area contributed by atoms with Crippen molar-refractivity contribution in [2.45, 2.75) is 37.6 Å². The van der Waals surface area contributed by atoms with Gasteiger partial charge in [-0.3, -0.25) is 14.3 Å². The summed E-state index contributed by atoms with van der Waals surface area (Å²) in [5, 5.41) is 9.77. The summed E-state index contributed by atoms with van der Waals surface area (Å²) in [6.45, 7) is 9.03. The summed E-state index contributed by atoms with van der Waals surface area (Å²) < 4.78 is 62.2. The third kappa shape index (κ3) is 4.67. The summed E-state index contributed by atoms with van der Waals surface area (Å²) in [6, 6.07) is 4.02. The molecule has 1 atom stereocenters. The molecule has 4 aromatic rings. The molecule has 1 amide bonds. The number of benzene rings is 2. The highest BCUT2D eigenvalue weighted by Crippen LogP contribution is 2.49. The van der Waals surface area contributed by atoms with Crippen LogP contribution in [0.15, 0.2) is 52.8 Å². The van der Waals surface area contributed by atoms with Crippen LogP contribution >= 0.6 is 11.6 Å². The lowest BCUT2D eigenvalue weighted by Crippen LogP contribution is -2.57. The van der Waals surface area contributed by atoms with Crippen molar-refractivity contribution in [3.05, 3.63) is 81.5 Å². The highest BCUT2D eigenvalue weighted by molar-refractivity contribution is 7.91. The molecule has 0 spiro atoms. The number of piperazine rings is 1. The minimum Gasteiger partial charge on any atom is -0.507 e. The molecule has 2 aromatic carbocycles. The van der Waals surface area contributed by atoms with Crippen molar-refractivity contribution in [1.82, 2.24) is 19.4 Å². The lowest BCUT2D eigenvalue weighted by atomic mass is 9.99. The van der Waals surface area contributed by atoms with Crippen LogP contribution in [0.4, 0.5) is 14.6 Å². The molecule has 1 unspecified atom stereocenters. The maximum absolute atomic E-state index is 17.3. The van der Waals surface area contributed by atoms with E-state index in [1.807, 2.05) is 13.8 Å². The van der Waals surface area contributed by atoms with Gasteiger partial charge in [0.25, 0.3) is 0 Å². The van der Waals surface area contributed by atoms with Crippen LogP contribution < -0.4 is 10.6 Å². The third-order valence-corrected chi connectivity index (χ3v) is 10.6. The number of rotatable bonds is 4. The monoisotopic (exact) mass is 655 g/mol. The van der Waals surface area contributed by atoms with Crippen LogP contribution in [0.3, 0.4) is 0 Å². The number of aromatic nitrogens is 3. The summed E-state index contributed by atoms with van der Waals surface area (Å²) in [7, 11) is -4.44. The summed E-state index contributed by atoms with van der Waals surface area (Å²) >= 11 is 6.76. The molecule has 0 aliphatic carbocycles. The molecule has 1 saturated heterocycles. The fourth-order valence-electron chi connectivity index (χ4n) is 6.28. The quantitative estimate of drug-likeness (QED) is 0.252. The molecule has 0 saturated carbocycles. The fraction of sp³-hybridized carbons (Fsp3) is 0.290. The van der Waals surface area contributed by atoms with Crippen LogP contribution in [0.1, 0.15) is 31.0 Å².